The first-order valence-electron chi connectivity index (χ1n) is 9.56. The van der Waals surface area contributed by atoms with Gasteiger partial charge in [0.05, 0.1) is 22.4 Å². The lowest BCUT2D eigenvalue weighted by Gasteiger charge is -2.10. The van der Waals surface area contributed by atoms with Gasteiger partial charge >= 0.3 is 0 Å². The minimum Gasteiger partial charge on any atom is -0.388 e. The Labute approximate surface area is 185 Å². The number of benzene rings is 2. The fourth-order valence-corrected chi connectivity index (χ4v) is 3.57. The van der Waals surface area contributed by atoms with Crippen molar-refractivity contribution in [2.24, 2.45) is 5.10 Å². The lowest BCUT2D eigenvalue weighted by Crippen LogP contribution is -2.18. The minimum absolute atomic E-state index is 0.176. The van der Waals surface area contributed by atoms with E-state index in [0.717, 1.165) is 28.2 Å². The molecule has 7 heteroatoms. The standard InChI is InChI=1S/C23H23Cl2N3O2/c1-15-12-18(16(2)28(15)19-8-9-20(24)21(25)13-19)14-26-27-23(30)11-10-22(29)17-6-4-3-5-7-17/h3-9,12-14,22,29H,10-11H2,1-2H3,(H,27,30)/b26-14-/t22-/m1/s1. The molecular formula is C23H23Cl2N3O2. The summed E-state index contributed by atoms with van der Waals surface area (Å²) in [6.45, 7) is 3.95. The molecule has 0 fully saturated rings. The molecule has 0 saturated heterocycles. The van der Waals surface area contributed by atoms with Crippen LogP contribution in [0.5, 0.6) is 0 Å². The summed E-state index contributed by atoms with van der Waals surface area (Å²) < 4.78 is 2.04. The lowest BCUT2D eigenvalue weighted by atomic mass is 10.1. The molecule has 2 N–H and O–H groups in total. The summed E-state index contributed by atoms with van der Waals surface area (Å²) in [4.78, 5) is 12.0. The fourth-order valence-electron chi connectivity index (χ4n) is 3.28. The number of aliphatic hydroxyl groups excluding tert-OH is 1. The number of nitrogens with one attached hydrogen (secondary N) is 1. The summed E-state index contributed by atoms with van der Waals surface area (Å²) >= 11 is 12.2. The number of aryl methyl sites for hydroxylation is 1. The number of hydrazone groups is 1. The van der Waals surface area contributed by atoms with Gasteiger partial charge in [-0.3, -0.25) is 4.79 Å². The molecule has 0 unspecified atom stereocenters. The molecule has 30 heavy (non-hydrogen) atoms. The number of halogens is 2. The van der Waals surface area contributed by atoms with E-state index in [9.17, 15) is 9.90 Å². The van der Waals surface area contributed by atoms with Crippen molar-refractivity contribution in [3.05, 3.63) is 87.2 Å². The highest BCUT2D eigenvalue weighted by Gasteiger charge is 2.12. The van der Waals surface area contributed by atoms with Crippen LogP contribution in [0.2, 0.25) is 10.0 Å². The molecule has 3 rings (SSSR count). The van der Waals surface area contributed by atoms with E-state index >= 15 is 0 Å². The summed E-state index contributed by atoms with van der Waals surface area (Å²) in [5, 5.41) is 15.2. The average Bonchev–Trinajstić information content (AvgIpc) is 3.02. The molecule has 5 nitrogen and oxygen atoms in total. The number of hydrogen-bond acceptors (Lipinski definition) is 3. The summed E-state index contributed by atoms with van der Waals surface area (Å²) in [7, 11) is 0. The van der Waals surface area contributed by atoms with Crippen molar-refractivity contribution in [2.75, 3.05) is 0 Å². The van der Waals surface area contributed by atoms with Crippen LogP contribution in [0.3, 0.4) is 0 Å². The Bertz CT molecular complexity index is 1060. The van der Waals surface area contributed by atoms with E-state index < -0.39 is 6.10 Å². The number of nitrogens with zero attached hydrogens (tertiary/aromatic N) is 2. The average molecular weight is 444 g/mol. The highest BCUT2D eigenvalue weighted by Crippen LogP contribution is 2.27. The van der Waals surface area contributed by atoms with E-state index in [-0.39, 0.29) is 12.3 Å². The number of carbonyl (C=O) groups is 1. The van der Waals surface area contributed by atoms with Gasteiger partial charge in [0.15, 0.2) is 0 Å². The van der Waals surface area contributed by atoms with Gasteiger partial charge in [0.1, 0.15) is 0 Å². The van der Waals surface area contributed by atoms with Crippen LogP contribution in [-0.2, 0) is 4.79 Å². The maximum absolute atomic E-state index is 12.0. The maximum atomic E-state index is 12.0. The van der Waals surface area contributed by atoms with E-state index in [1.807, 2.05) is 66.9 Å². The Kier molecular flexibility index (Phi) is 7.32. The summed E-state index contributed by atoms with van der Waals surface area (Å²) in [5.41, 5.74) is 7.06. The van der Waals surface area contributed by atoms with Crippen LogP contribution in [0.25, 0.3) is 5.69 Å². The topological polar surface area (TPSA) is 66.6 Å². The van der Waals surface area contributed by atoms with Crippen LogP contribution in [0.1, 0.15) is 41.5 Å². The Morgan fingerprint density at radius 2 is 1.87 bits per heavy atom. The van der Waals surface area contributed by atoms with Crippen molar-refractivity contribution >= 4 is 35.3 Å². The van der Waals surface area contributed by atoms with Crippen LogP contribution >= 0.6 is 23.2 Å². The molecule has 1 atom stereocenters. The van der Waals surface area contributed by atoms with Gasteiger partial charge in [0.2, 0.25) is 5.91 Å². The molecule has 156 valence electrons. The van der Waals surface area contributed by atoms with Gasteiger partial charge in [-0.15, -0.1) is 0 Å². The predicted molar refractivity (Wildman–Crippen MR) is 122 cm³/mol. The Balaban J connectivity index is 1.61. The predicted octanol–water partition coefficient (Wildman–Crippen LogP) is 5.36. The molecule has 0 spiro atoms. The molecule has 0 bridgehead atoms. The normalized spacial score (nSPS) is 12.3. The van der Waals surface area contributed by atoms with E-state index in [0.29, 0.717) is 16.5 Å². The van der Waals surface area contributed by atoms with Gasteiger partial charge in [-0.05, 0) is 50.1 Å². The van der Waals surface area contributed by atoms with Crippen molar-refractivity contribution in [1.29, 1.82) is 0 Å². The van der Waals surface area contributed by atoms with Gasteiger partial charge in [-0.25, -0.2) is 5.43 Å². The number of aliphatic hydroxyl groups is 1. The van der Waals surface area contributed by atoms with Gasteiger partial charge in [-0.1, -0.05) is 53.5 Å². The molecule has 0 aliphatic rings. The molecule has 0 radical (unpaired) electrons. The first-order chi connectivity index (χ1) is 14.4. The summed E-state index contributed by atoms with van der Waals surface area (Å²) in [6, 6.07) is 16.7. The molecule has 3 aromatic rings. The zero-order valence-corrected chi connectivity index (χ0v) is 18.3. The molecule has 1 aromatic heterocycles. The van der Waals surface area contributed by atoms with Gasteiger partial charge in [0, 0.05) is 29.1 Å². The van der Waals surface area contributed by atoms with Crippen LogP contribution in [-0.4, -0.2) is 21.8 Å². The van der Waals surface area contributed by atoms with Crippen molar-refractivity contribution in [3.8, 4) is 5.69 Å². The second-order valence-corrected chi connectivity index (χ2v) is 7.83. The second-order valence-electron chi connectivity index (χ2n) is 7.02. The molecular weight excluding hydrogens is 421 g/mol. The second kappa shape index (κ2) is 9.94. The number of hydrogen-bond donors (Lipinski definition) is 2. The zero-order chi connectivity index (χ0) is 21.7. The lowest BCUT2D eigenvalue weighted by molar-refractivity contribution is -0.121. The SMILES string of the molecule is Cc1cc(/C=N\NC(=O)CC[C@@H](O)c2ccccc2)c(C)n1-c1ccc(Cl)c(Cl)c1. The third-order valence-electron chi connectivity index (χ3n) is 4.85. The number of rotatable bonds is 7. The first-order valence-corrected chi connectivity index (χ1v) is 10.3. The largest absolute Gasteiger partial charge is 0.388 e. The third-order valence-corrected chi connectivity index (χ3v) is 5.59. The summed E-state index contributed by atoms with van der Waals surface area (Å²) in [6.07, 6.45) is 1.44. The molecule has 2 aromatic carbocycles. The summed E-state index contributed by atoms with van der Waals surface area (Å²) in [5.74, 6) is -0.250. The highest BCUT2D eigenvalue weighted by molar-refractivity contribution is 6.42. The van der Waals surface area contributed by atoms with E-state index in [1.165, 1.54) is 0 Å². The van der Waals surface area contributed by atoms with E-state index in [4.69, 9.17) is 23.2 Å². The van der Waals surface area contributed by atoms with Crippen molar-refractivity contribution < 1.29 is 9.90 Å². The maximum Gasteiger partial charge on any atom is 0.240 e. The Morgan fingerprint density at radius 1 is 1.13 bits per heavy atom. The van der Waals surface area contributed by atoms with Crippen molar-refractivity contribution in [1.82, 2.24) is 9.99 Å². The van der Waals surface area contributed by atoms with E-state index in [1.54, 1.807) is 12.3 Å². The molecule has 0 saturated carbocycles. The van der Waals surface area contributed by atoms with Gasteiger partial charge in [-0.2, -0.15) is 5.10 Å². The van der Waals surface area contributed by atoms with Crippen LogP contribution in [0.15, 0.2) is 59.7 Å². The molecule has 1 heterocycles. The number of carbonyl (C=O) groups excluding carboxylic acids is 1. The van der Waals surface area contributed by atoms with Crippen LogP contribution < -0.4 is 5.43 Å². The number of amides is 1. The van der Waals surface area contributed by atoms with Gasteiger partial charge in [0.25, 0.3) is 0 Å². The van der Waals surface area contributed by atoms with Gasteiger partial charge < -0.3 is 9.67 Å². The first kappa shape index (κ1) is 22.1. The monoisotopic (exact) mass is 443 g/mol. The minimum atomic E-state index is -0.675. The van der Waals surface area contributed by atoms with Crippen LogP contribution in [0, 0.1) is 13.8 Å². The smallest absolute Gasteiger partial charge is 0.240 e. The zero-order valence-electron chi connectivity index (χ0n) is 16.8. The molecule has 0 aliphatic heterocycles. The highest BCUT2D eigenvalue weighted by atomic mass is 35.5. The molecule has 0 aliphatic carbocycles. The van der Waals surface area contributed by atoms with Crippen LogP contribution in [0.4, 0.5) is 0 Å². The fraction of sp³-hybridized carbons (Fsp3) is 0.217. The van der Waals surface area contributed by atoms with E-state index in [2.05, 4.69) is 10.5 Å². The third kappa shape index (κ3) is 5.30. The number of aromatic nitrogens is 1. The Morgan fingerprint density at radius 3 is 2.57 bits per heavy atom. The Hall–Kier alpha value is -2.60. The quantitative estimate of drug-likeness (QED) is 0.380. The van der Waals surface area contributed by atoms with Crippen molar-refractivity contribution in [2.45, 2.75) is 32.8 Å². The molecule has 1 amide bonds. The van der Waals surface area contributed by atoms with Crippen molar-refractivity contribution in [3.63, 3.8) is 0 Å².